The largest absolute Gasteiger partial charge is 0.355 e. The van der Waals surface area contributed by atoms with E-state index in [1.54, 1.807) is 0 Å². The highest BCUT2D eigenvalue weighted by molar-refractivity contribution is 5.79. The molecule has 2 N–H and O–H groups in total. The molecule has 1 unspecified atom stereocenters. The lowest BCUT2D eigenvalue weighted by Crippen LogP contribution is -2.44. The number of nitrogens with zero attached hydrogens (tertiary/aromatic N) is 2. The Hall–Kier alpha value is -0.770. The third kappa shape index (κ3) is 10.8. The van der Waals surface area contributed by atoms with Crippen LogP contribution in [0.2, 0.25) is 0 Å². The summed E-state index contributed by atoms with van der Waals surface area (Å²) in [4.78, 5) is 6.55. The van der Waals surface area contributed by atoms with E-state index >= 15 is 0 Å². The van der Waals surface area contributed by atoms with Gasteiger partial charge in [0.25, 0.3) is 0 Å². The Bertz CT molecular complexity index is 255. The van der Waals surface area contributed by atoms with E-state index < -0.39 is 0 Å². The van der Waals surface area contributed by atoms with Gasteiger partial charge in [0.15, 0.2) is 5.96 Å². The van der Waals surface area contributed by atoms with Gasteiger partial charge in [-0.3, -0.25) is 4.99 Å². The minimum absolute atomic E-state index is 0.400. The van der Waals surface area contributed by atoms with E-state index in [9.17, 15) is 0 Å². The van der Waals surface area contributed by atoms with Gasteiger partial charge in [-0.1, -0.05) is 27.7 Å². The van der Waals surface area contributed by atoms with Crippen LogP contribution < -0.4 is 10.6 Å². The maximum atomic E-state index is 4.27. The van der Waals surface area contributed by atoms with E-state index in [2.05, 4.69) is 62.2 Å². The summed E-state index contributed by atoms with van der Waals surface area (Å²) in [5.74, 6) is 0.908. The van der Waals surface area contributed by atoms with Crippen LogP contribution in [-0.4, -0.2) is 50.6 Å². The standard InChI is InChI=1S/C15H34N4/c1-8-19(7)12-11-17-14(16-6)18-13(2)9-10-15(3,4)5/h13H,8-12H2,1-7H3,(H2,16,17,18). The molecular formula is C15H34N4. The second-order valence-electron chi connectivity index (χ2n) is 6.54. The first-order valence-electron chi connectivity index (χ1n) is 7.44. The van der Waals surface area contributed by atoms with E-state index in [1.807, 2.05) is 7.05 Å². The van der Waals surface area contributed by atoms with Crippen LogP contribution in [0.5, 0.6) is 0 Å². The molecule has 19 heavy (non-hydrogen) atoms. The quantitative estimate of drug-likeness (QED) is 0.551. The predicted molar refractivity (Wildman–Crippen MR) is 85.8 cm³/mol. The molecule has 4 heteroatoms. The lowest BCUT2D eigenvalue weighted by Gasteiger charge is -2.23. The fourth-order valence-corrected chi connectivity index (χ4v) is 1.67. The number of aliphatic imine (C=N–C) groups is 1. The molecule has 0 radical (unpaired) electrons. The Morgan fingerprint density at radius 2 is 1.95 bits per heavy atom. The van der Waals surface area contributed by atoms with Gasteiger partial charge in [0.05, 0.1) is 0 Å². The topological polar surface area (TPSA) is 39.7 Å². The molecule has 0 aromatic rings. The summed E-state index contributed by atoms with van der Waals surface area (Å²) >= 11 is 0. The van der Waals surface area contributed by atoms with E-state index in [1.165, 1.54) is 12.8 Å². The lowest BCUT2D eigenvalue weighted by atomic mass is 9.89. The Labute approximate surface area is 120 Å². The molecular weight excluding hydrogens is 236 g/mol. The third-order valence-corrected chi connectivity index (χ3v) is 3.26. The van der Waals surface area contributed by atoms with Crippen LogP contribution in [-0.2, 0) is 0 Å². The third-order valence-electron chi connectivity index (χ3n) is 3.26. The first-order valence-corrected chi connectivity index (χ1v) is 7.44. The number of hydrogen-bond donors (Lipinski definition) is 2. The molecule has 0 bridgehead atoms. The molecule has 0 saturated heterocycles. The van der Waals surface area contributed by atoms with Crippen molar-refractivity contribution in [2.45, 2.75) is 53.5 Å². The molecule has 0 fully saturated rings. The molecule has 0 aromatic heterocycles. The summed E-state index contributed by atoms with van der Waals surface area (Å²) in [5, 5.41) is 6.81. The van der Waals surface area contributed by atoms with Crippen LogP contribution in [0.1, 0.15) is 47.5 Å². The van der Waals surface area contributed by atoms with E-state index in [-0.39, 0.29) is 0 Å². The Balaban J connectivity index is 3.92. The van der Waals surface area contributed by atoms with Crippen LogP contribution in [0, 0.1) is 5.41 Å². The summed E-state index contributed by atoms with van der Waals surface area (Å²) in [6.07, 6.45) is 2.38. The average molecular weight is 270 g/mol. The van der Waals surface area contributed by atoms with Gasteiger partial charge in [0.1, 0.15) is 0 Å². The fraction of sp³-hybridized carbons (Fsp3) is 0.933. The second-order valence-corrected chi connectivity index (χ2v) is 6.54. The van der Waals surface area contributed by atoms with Gasteiger partial charge in [0, 0.05) is 26.2 Å². The minimum atomic E-state index is 0.400. The smallest absolute Gasteiger partial charge is 0.191 e. The maximum Gasteiger partial charge on any atom is 0.191 e. The van der Waals surface area contributed by atoms with Crippen molar-refractivity contribution in [2.75, 3.05) is 33.7 Å². The molecule has 1 atom stereocenters. The molecule has 4 nitrogen and oxygen atoms in total. The molecule has 114 valence electrons. The van der Waals surface area contributed by atoms with Gasteiger partial charge in [-0.25, -0.2) is 0 Å². The van der Waals surface area contributed by atoms with Gasteiger partial charge in [-0.2, -0.15) is 0 Å². The second kappa shape index (κ2) is 9.18. The van der Waals surface area contributed by atoms with Crippen LogP contribution in [0.3, 0.4) is 0 Å². The Morgan fingerprint density at radius 1 is 1.32 bits per heavy atom. The monoisotopic (exact) mass is 270 g/mol. The normalized spacial score (nSPS) is 14.6. The van der Waals surface area contributed by atoms with Gasteiger partial charge in [-0.15, -0.1) is 0 Å². The summed E-state index contributed by atoms with van der Waals surface area (Å²) < 4.78 is 0. The maximum absolute atomic E-state index is 4.27. The summed E-state index contributed by atoms with van der Waals surface area (Å²) in [6, 6.07) is 0.453. The minimum Gasteiger partial charge on any atom is -0.355 e. The van der Waals surface area contributed by atoms with Gasteiger partial charge >= 0.3 is 0 Å². The summed E-state index contributed by atoms with van der Waals surface area (Å²) in [7, 11) is 3.96. The van der Waals surface area contributed by atoms with E-state index in [0.29, 0.717) is 11.5 Å². The zero-order valence-electron chi connectivity index (χ0n) is 14.0. The van der Waals surface area contributed by atoms with Crippen LogP contribution in [0.25, 0.3) is 0 Å². The SMILES string of the molecule is CCN(C)CCNC(=NC)NC(C)CCC(C)(C)C. The summed E-state index contributed by atoms with van der Waals surface area (Å²) in [5.41, 5.74) is 0.400. The average Bonchev–Trinajstić information content (AvgIpc) is 2.34. The number of hydrogen-bond acceptors (Lipinski definition) is 2. The molecule has 0 aliphatic rings. The predicted octanol–water partition coefficient (Wildman–Crippen LogP) is 2.32. The van der Waals surface area contributed by atoms with Crippen LogP contribution in [0.4, 0.5) is 0 Å². The molecule has 0 aliphatic heterocycles. The van der Waals surface area contributed by atoms with Crippen molar-refractivity contribution in [1.29, 1.82) is 0 Å². The van der Waals surface area contributed by atoms with Crippen molar-refractivity contribution < 1.29 is 0 Å². The highest BCUT2D eigenvalue weighted by Crippen LogP contribution is 2.21. The Kier molecular flexibility index (Phi) is 8.81. The van der Waals surface area contributed by atoms with Crippen LogP contribution >= 0.6 is 0 Å². The van der Waals surface area contributed by atoms with Crippen molar-refractivity contribution in [1.82, 2.24) is 15.5 Å². The first-order chi connectivity index (χ1) is 8.78. The van der Waals surface area contributed by atoms with E-state index in [4.69, 9.17) is 0 Å². The molecule has 0 aromatic carbocycles. The van der Waals surface area contributed by atoms with Crippen molar-refractivity contribution >= 4 is 5.96 Å². The number of rotatable bonds is 7. The molecule has 0 saturated carbocycles. The summed E-state index contributed by atoms with van der Waals surface area (Å²) in [6.45, 7) is 14.3. The van der Waals surface area contributed by atoms with Crippen molar-refractivity contribution in [3.05, 3.63) is 0 Å². The molecule has 0 amide bonds. The Morgan fingerprint density at radius 3 is 2.42 bits per heavy atom. The van der Waals surface area contributed by atoms with Crippen LogP contribution in [0.15, 0.2) is 4.99 Å². The highest BCUT2D eigenvalue weighted by Gasteiger charge is 2.13. The van der Waals surface area contributed by atoms with Gasteiger partial charge in [0.2, 0.25) is 0 Å². The molecule has 0 aliphatic carbocycles. The van der Waals surface area contributed by atoms with Gasteiger partial charge in [-0.05, 0) is 38.8 Å². The molecule has 0 heterocycles. The highest BCUT2D eigenvalue weighted by atomic mass is 15.2. The zero-order valence-corrected chi connectivity index (χ0v) is 14.0. The lowest BCUT2D eigenvalue weighted by molar-refractivity contribution is 0.344. The molecule has 0 spiro atoms. The fourth-order valence-electron chi connectivity index (χ4n) is 1.67. The number of nitrogens with one attached hydrogen (secondary N) is 2. The van der Waals surface area contributed by atoms with Crippen molar-refractivity contribution in [3.63, 3.8) is 0 Å². The van der Waals surface area contributed by atoms with Gasteiger partial charge < -0.3 is 15.5 Å². The van der Waals surface area contributed by atoms with Crippen molar-refractivity contribution in [3.8, 4) is 0 Å². The number of likely N-dealkylation sites (N-methyl/N-ethyl adjacent to an activating group) is 1. The number of guanidine groups is 1. The van der Waals surface area contributed by atoms with E-state index in [0.717, 1.165) is 25.6 Å². The van der Waals surface area contributed by atoms with Crippen molar-refractivity contribution in [2.24, 2.45) is 10.4 Å². The first kappa shape index (κ1) is 18.2. The molecule has 0 rings (SSSR count). The zero-order chi connectivity index (χ0) is 14.9.